The molecule has 2 aromatic carbocycles. The van der Waals surface area contributed by atoms with Gasteiger partial charge in [-0.1, -0.05) is 42.8 Å². The van der Waals surface area contributed by atoms with Gasteiger partial charge in [0.15, 0.2) is 0 Å². The molecule has 4 rings (SSSR count). The molecular weight excluding hydrogens is 432 g/mol. The molecule has 9 nitrogen and oxygen atoms in total. The molecule has 2 heterocycles. The van der Waals surface area contributed by atoms with Crippen LogP contribution in [0.4, 0.5) is 4.79 Å². The second kappa shape index (κ2) is 8.36. The summed E-state index contributed by atoms with van der Waals surface area (Å²) >= 11 is 0. The molecule has 0 radical (unpaired) electrons. The molecule has 0 bridgehead atoms. The molecular formula is C22H24N4O5S. The SMILES string of the molecule is C[C@@]1(c2ccccc2)NC(=O)N(NC(=O)c2cccc(S(=O)(=O)N3CCCCC3)c2)C1=O. The summed E-state index contributed by atoms with van der Waals surface area (Å²) in [7, 11) is -3.73. The summed E-state index contributed by atoms with van der Waals surface area (Å²) in [5.74, 6) is -1.40. The van der Waals surface area contributed by atoms with E-state index in [0.29, 0.717) is 23.7 Å². The Bertz CT molecular complexity index is 1160. The van der Waals surface area contributed by atoms with Gasteiger partial charge >= 0.3 is 6.03 Å². The molecule has 2 aromatic rings. The van der Waals surface area contributed by atoms with Crippen molar-refractivity contribution in [1.29, 1.82) is 0 Å². The number of piperidine rings is 1. The molecule has 2 saturated heterocycles. The second-order valence-corrected chi connectivity index (χ2v) is 9.93. The zero-order valence-electron chi connectivity index (χ0n) is 17.6. The smallest absolute Gasteiger partial charge is 0.318 e. The lowest BCUT2D eigenvalue weighted by atomic mass is 9.92. The maximum Gasteiger partial charge on any atom is 0.344 e. The number of amides is 4. The Morgan fingerprint density at radius 3 is 2.38 bits per heavy atom. The third kappa shape index (κ3) is 3.87. The highest BCUT2D eigenvalue weighted by molar-refractivity contribution is 7.89. The largest absolute Gasteiger partial charge is 0.344 e. The van der Waals surface area contributed by atoms with Crippen molar-refractivity contribution >= 4 is 27.9 Å². The van der Waals surface area contributed by atoms with Crippen LogP contribution in [-0.2, 0) is 20.4 Å². The normalized spacial score (nSPS) is 22.0. The fourth-order valence-electron chi connectivity index (χ4n) is 3.93. The topological polar surface area (TPSA) is 116 Å². The fourth-order valence-corrected chi connectivity index (χ4v) is 5.49. The average molecular weight is 457 g/mol. The first-order chi connectivity index (χ1) is 15.2. The molecule has 0 aliphatic carbocycles. The van der Waals surface area contributed by atoms with Gasteiger partial charge < -0.3 is 5.32 Å². The quantitative estimate of drug-likeness (QED) is 0.668. The Morgan fingerprint density at radius 1 is 1.00 bits per heavy atom. The first-order valence-electron chi connectivity index (χ1n) is 10.4. The Labute approximate surface area is 186 Å². The number of nitrogens with one attached hydrogen (secondary N) is 2. The van der Waals surface area contributed by atoms with Gasteiger partial charge in [0.2, 0.25) is 10.0 Å². The van der Waals surface area contributed by atoms with Crippen molar-refractivity contribution in [3.05, 3.63) is 65.7 Å². The van der Waals surface area contributed by atoms with Crippen LogP contribution in [0.2, 0.25) is 0 Å². The van der Waals surface area contributed by atoms with Gasteiger partial charge in [-0.15, -0.1) is 0 Å². The van der Waals surface area contributed by atoms with Crippen molar-refractivity contribution in [2.24, 2.45) is 0 Å². The fraction of sp³-hybridized carbons (Fsp3) is 0.318. The molecule has 0 unspecified atom stereocenters. The molecule has 2 fully saturated rings. The van der Waals surface area contributed by atoms with Gasteiger partial charge in [-0.3, -0.25) is 15.0 Å². The Balaban J connectivity index is 1.54. The van der Waals surface area contributed by atoms with Crippen molar-refractivity contribution < 1.29 is 22.8 Å². The summed E-state index contributed by atoms with van der Waals surface area (Å²) in [6.07, 6.45) is 2.58. The Kier molecular flexibility index (Phi) is 5.74. The highest BCUT2D eigenvalue weighted by Gasteiger charge is 2.50. The van der Waals surface area contributed by atoms with E-state index in [9.17, 15) is 22.8 Å². The number of carbonyl (C=O) groups is 3. The number of sulfonamides is 1. The van der Waals surface area contributed by atoms with Crippen LogP contribution in [0.25, 0.3) is 0 Å². The lowest BCUT2D eigenvalue weighted by molar-refractivity contribution is -0.132. The van der Waals surface area contributed by atoms with Gasteiger partial charge in [0.05, 0.1) is 4.90 Å². The second-order valence-electron chi connectivity index (χ2n) is 8.00. The van der Waals surface area contributed by atoms with Crippen molar-refractivity contribution in [3.63, 3.8) is 0 Å². The molecule has 168 valence electrons. The summed E-state index contributed by atoms with van der Waals surface area (Å²) in [4.78, 5) is 38.2. The van der Waals surface area contributed by atoms with Crippen LogP contribution in [0.1, 0.15) is 42.1 Å². The number of rotatable bonds is 5. The van der Waals surface area contributed by atoms with Crippen molar-refractivity contribution in [3.8, 4) is 0 Å². The van der Waals surface area contributed by atoms with E-state index in [2.05, 4.69) is 10.7 Å². The molecule has 0 aromatic heterocycles. The minimum absolute atomic E-state index is 0.00151. The monoisotopic (exact) mass is 456 g/mol. The number of urea groups is 1. The predicted octanol–water partition coefficient (Wildman–Crippen LogP) is 1.97. The van der Waals surface area contributed by atoms with E-state index in [1.165, 1.54) is 28.6 Å². The minimum atomic E-state index is -3.73. The van der Waals surface area contributed by atoms with E-state index in [0.717, 1.165) is 19.3 Å². The molecule has 10 heteroatoms. The van der Waals surface area contributed by atoms with Crippen LogP contribution < -0.4 is 10.7 Å². The molecule has 2 aliphatic rings. The third-order valence-electron chi connectivity index (χ3n) is 5.80. The number of hydrazine groups is 1. The number of nitrogens with zero attached hydrogens (tertiary/aromatic N) is 2. The molecule has 0 saturated carbocycles. The van der Waals surface area contributed by atoms with Gasteiger partial charge in [0.1, 0.15) is 5.54 Å². The van der Waals surface area contributed by atoms with Crippen molar-refractivity contribution in [1.82, 2.24) is 20.1 Å². The van der Waals surface area contributed by atoms with E-state index >= 15 is 0 Å². The van der Waals surface area contributed by atoms with Crippen LogP contribution in [-0.4, -0.2) is 48.7 Å². The highest BCUT2D eigenvalue weighted by Crippen LogP contribution is 2.28. The maximum absolute atomic E-state index is 13.0. The van der Waals surface area contributed by atoms with Crippen LogP contribution in [0.5, 0.6) is 0 Å². The molecule has 2 N–H and O–H groups in total. The average Bonchev–Trinajstić information content (AvgIpc) is 3.04. The number of imide groups is 1. The van der Waals surface area contributed by atoms with Gasteiger partial charge in [-0.05, 0) is 43.5 Å². The number of hydrogen-bond donors (Lipinski definition) is 2. The predicted molar refractivity (Wildman–Crippen MR) is 116 cm³/mol. The Morgan fingerprint density at radius 2 is 1.69 bits per heavy atom. The van der Waals surface area contributed by atoms with Crippen LogP contribution >= 0.6 is 0 Å². The molecule has 1 atom stereocenters. The van der Waals surface area contributed by atoms with E-state index in [-0.39, 0.29) is 10.5 Å². The maximum atomic E-state index is 13.0. The van der Waals surface area contributed by atoms with Crippen molar-refractivity contribution in [2.45, 2.75) is 36.6 Å². The molecule has 4 amide bonds. The molecule has 32 heavy (non-hydrogen) atoms. The summed E-state index contributed by atoms with van der Waals surface area (Å²) < 4.78 is 27.2. The highest BCUT2D eigenvalue weighted by atomic mass is 32.2. The summed E-state index contributed by atoms with van der Waals surface area (Å²) in [6.45, 7) is 2.44. The van der Waals surface area contributed by atoms with E-state index in [1.807, 2.05) is 0 Å². The third-order valence-corrected chi connectivity index (χ3v) is 7.70. The van der Waals surface area contributed by atoms with Gasteiger partial charge in [-0.2, -0.15) is 9.31 Å². The number of carbonyl (C=O) groups excluding carboxylic acids is 3. The van der Waals surface area contributed by atoms with Gasteiger partial charge in [0.25, 0.3) is 11.8 Å². The Hall–Kier alpha value is -3.24. The first kappa shape index (κ1) is 22.0. The van der Waals surface area contributed by atoms with Gasteiger partial charge in [0, 0.05) is 18.7 Å². The zero-order chi connectivity index (χ0) is 22.9. The van der Waals surface area contributed by atoms with Crippen LogP contribution in [0.3, 0.4) is 0 Å². The summed E-state index contributed by atoms with van der Waals surface area (Å²) in [5.41, 5.74) is 1.57. The summed E-state index contributed by atoms with van der Waals surface area (Å²) in [6, 6.07) is 13.5. The number of benzene rings is 2. The lowest BCUT2D eigenvalue weighted by Crippen LogP contribution is -2.48. The van der Waals surface area contributed by atoms with E-state index < -0.39 is 33.4 Å². The first-order valence-corrected chi connectivity index (χ1v) is 11.8. The number of hydrogen-bond acceptors (Lipinski definition) is 5. The molecule has 0 spiro atoms. The molecule has 2 aliphatic heterocycles. The minimum Gasteiger partial charge on any atom is -0.318 e. The standard InChI is InChI=1S/C22H24N4O5S/c1-22(17-10-4-2-5-11-17)20(28)26(21(29)23-22)24-19(27)16-9-8-12-18(15-16)32(30,31)25-13-6-3-7-14-25/h2,4-5,8-12,15H,3,6-7,13-14H2,1H3,(H,23,29)(H,24,27)/t22-/m0/s1. The van der Waals surface area contributed by atoms with E-state index in [1.54, 1.807) is 37.3 Å². The van der Waals surface area contributed by atoms with Crippen LogP contribution in [0.15, 0.2) is 59.5 Å². The van der Waals surface area contributed by atoms with Gasteiger partial charge in [-0.25, -0.2) is 13.2 Å². The van der Waals surface area contributed by atoms with Crippen LogP contribution in [0, 0.1) is 0 Å². The van der Waals surface area contributed by atoms with E-state index in [4.69, 9.17) is 0 Å². The lowest BCUT2D eigenvalue weighted by Gasteiger charge is -2.26. The summed E-state index contributed by atoms with van der Waals surface area (Å²) in [5, 5.41) is 3.23. The van der Waals surface area contributed by atoms with Crippen molar-refractivity contribution in [2.75, 3.05) is 13.1 Å². The zero-order valence-corrected chi connectivity index (χ0v) is 18.4.